The maximum Gasteiger partial charge on any atom is 0.161 e. The van der Waals surface area contributed by atoms with Crippen molar-refractivity contribution >= 4 is 23.2 Å². The van der Waals surface area contributed by atoms with Crippen molar-refractivity contribution in [3.63, 3.8) is 0 Å². The van der Waals surface area contributed by atoms with Crippen LogP contribution in [0.1, 0.15) is 30.9 Å². The van der Waals surface area contributed by atoms with Crippen LogP contribution in [0.15, 0.2) is 72.5 Å². The van der Waals surface area contributed by atoms with Gasteiger partial charge in [0.2, 0.25) is 0 Å². The Labute approximate surface area is 197 Å². The number of hydrogen-bond donors (Lipinski definition) is 2. The summed E-state index contributed by atoms with van der Waals surface area (Å²) in [4.78, 5) is 15.7. The second-order valence-electron chi connectivity index (χ2n) is 7.98. The third-order valence-corrected chi connectivity index (χ3v) is 4.72. The van der Waals surface area contributed by atoms with E-state index in [9.17, 15) is 0 Å². The number of anilines is 1. The van der Waals surface area contributed by atoms with Gasteiger partial charge in [-0.3, -0.25) is 4.99 Å². The highest BCUT2D eigenvalue weighted by Gasteiger charge is 2.13. The highest BCUT2D eigenvalue weighted by atomic mass is 16.2. The number of aliphatic imine (C=N–C) groups is 1. The molecule has 6 nitrogen and oxygen atoms in total. The highest BCUT2D eigenvalue weighted by molar-refractivity contribution is 6.12. The first-order valence-electron chi connectivity index (χ1n) is 11.0. The number of aliphatic hydroxyl groups excluding tert-OH is 1. The van der Waals surface area contributed by atoms with Crippen molar-refractivity contribution in [3.8, 4) is 11.4 Å². The molecule has 0 fully saturated rings. The summed E-state index contributed by atoms with van der Waals surface area (Å²) in [5, 5.41) is 12.5. The van der Waals surface area contributed by atoms with Gasteiger partial charge >= 0.3 is 0 Å². The zero-order valence-corrected chi connectivity index (χ0v) is 20.2. The first-order chi connectivity index (χ1) is 15.9. The van der Waals surface area contributed by atoms with Crippen LogP contribution in [0.2, 0.25) is 0 Å². The normalized spacial score (nSPS) is 12.2. The summed E-state index contributed by atoms with van der Waals surface area (Å²) in [5.41, 5.74) is 5.63. The lowest BCUT2D eigenvalue weighted by Gasteiger charge is -2.14. The molecule has 0 bridgehead atoms. The molecule has 0 saturated carbocycles. The van der Waals surface area contributed by atoms with Gasteiger partial charge in [-0.25, -0.2) is 9.97 Å². The monoisotopic (exact) mass is 445 g/mol. The molecule has 2 rings (SSSR count). The summed E-state index contributed by atoms with van der Waals surface area (Å²) in [6.07, 6.45) is 11.0. The Morgan fingerprint density at radius 3 is 2.67 bits per heavy atom. The fourth-order valence-electron chi connectivity index (χ4n) is 3.26. The molecule has 174 valence electrons. The van der Waals surface area contributed by atoms with Gasteiger partial charge in [0.1, 0.15) is 5.82 Å². The number of nitrogens with one attached hydrogen (secondary N) is 1. The number of unbranched alkanes of at least 4 members (excludes halogenated alkanes) is 1. The molecule has 1 aromatic carbocycles. The van der Waals surface area contributed by atoms with Crippen molar-refractivity contribution in [1.82, 2.24) is 14.9 Å². The molecule has 0 amide bonds. The van der Waals surface area contributed by atoms with Gasteiger partial charge in [0.15, 0.2) is 5.82 Å². The van der Waals surface area contributed by atoms with Gasteiger partial charge in [0, 0.05) is 69.6 Å². The number of benzene rings is 1. The highest BCUT2D eigenvalue weighted by Crippen LogP contribution is 2.27. The van der Waals surface area contributed by atoms with E-state index in [4.69, 9.17) is 10.1 Å². The molecular formula is C27H35N5O. The average Bonchev–Trinajstić information content (AvgIpc) is 2.79. The van der Waals surface area contributed by atoms with E-state index in [-0.39, 0.29) is 6.61 Å². The first-order valence-corrected chi connectivity index (χ1v) is 11.0. The zero-order chi connectivity index (χ0) is 24.2. The molecule has 0 spiro atoms. The van der Waals surface area contributed by atoms with Gasteiger partial charge in [-0.15, -0.1) is 0 Å². The Morgan fingerprint density at radius 1 is 1.24 bits per heavy atom. The van der Waals surface area contributed by atoms with Crippen molar-refractivity contribution < 1.29 is 5.11 Å². The Bertz CT molecular complexity index is 1050. The van der Waals surface area contributed by atoms with Gasteiger partial charge in [0.25, 0.3) is 0 Å². The molecule has 0 radical (unpaired) electrons. The molecule has 2 N–H and O–H groups in total. The number of allylic oxidation sites excluding steroid dienone is 5. The topological polar surface area (TPSA) is 73.6 Å². The van der Waals surface area contributed by atoms with E-state index in [1.165, 1.54) is 0 Å². The van der Waals surface area contributed by atoms with E-state index < -0.39 is 0 Å². The van der Waals surface area contributed by atoms with E-state index >= 15 is 0 Å². The van der Waals surface area contributed by atoms with E-state index in [0.717, 1.165) is 52.1 Å². The molecule has 0 aliphatic heterocycles. The summed E-state index contributed by atoms with van der Waals surface area (Å²) < 4.78 is 0. The van der Waals surface area contributed by atoms with Crippen LogP contribution in [0.4, 0.5) is 5.82 Å². The largest absolute Gasteiger partial charge is 0.396 e. The van der Waals surface area contributed by atoms with E-state index in [2.05, 4.69) is 34.5 Å². The molecule has 6 heteroatoms. The molecule has 2 aromatic rings. The Kier molecular flexibility index (Phi) is 10.2. The molecule has 0 saturated heterocycles. The van der Waals surface area contributed by atoms with Gasteiger partial charge in [0.05, 0.1) is 0 Å². The first kappa shape index (κ1) is 25.7. The van der Waals surface area contributed by atoms with Crippen LogP contribution in [-0.4, -0.2) is 60.5 Å². The SMILES string of the molecule is C=C/C(=C\N(C)C)c1cccc(-c2ncc(/C(C=NC)=C/C(=C)C)c(NCCCCO)n2)c1. The Balaban J connectivity index is 2.54. The van der Waals surface area contributed by atoms with Gasteiger partial charge in [-0.05, 0) is 37.0 Å². The predicted molar refractivity (Wildman–Crippen MR) is 141 cm³/mol. The van der Waals surface area contributed by atoms with Gasteiger partial charge < -0.3 is 15.3 Å². The third kappa shape index (κ3) is 7.84. The number of rotatable bonds is 12. The number of nitrogens with zero attached hydrogens (tertiary/aromatic N) is 4. The molecule has 1 heterocycles. The summed E-state index contributed by atoms with van der Waals surface area (Å²) in [6.45, 7) is 10.8. The lowest BCUT2D eigenvalue weighted by molar-refractivity contribution is 0.286. The minimum atomic E-state index is 0.172. The lowest BCUT2D eigenvalue weighted by Crippen LogP contribution is -2.09. The maximum absolute atomic E-state index is 9.11. The molecule has 33 heavy (non-hydrogen) atoms. The molecule has 0 aliphatic carbocycles. The minimum Gasteiger partial charge on any atom is -0.396 e. The second-order valence-corrected chi connectivity index (χ2v) is 7.98. The van der Waals surface area contributed by atoms with Crippen LogP contribution in [0.3, 0.4) is 0 Å². The van der Waals surface area contributed by atoms with Crippen LogP contribution in [0.5, 0.6) is 0 Å². The lowest BCUT2D eigenvalue weighted by atomic mass is 10.0. The van der Waals surface area contributed by atoms with Crippen LogP contribution in [0.25, 0.3) is 22.5 Å². The van der Waals surface area contributed by atoms with Crippen molar-refractivity contribution in [2.24, 2.45) is 4.99 Å². The number of aromatic nitrogens is 2. The van der Waals surface area contributed by atoms with Crippen molar-refractivity contribution in [1.29, 1.82) is 0 Å². The van der Waals surface area contributed by atoms with Gasteiger partial charge in [-0.2, -0.15) is 0 Å². The van der Waals surface area contributed by atoms with Crippen LogP contribution in [0, 0.1) is 0 Å². The van der Waals surface area contributed by atoms with Gasteiger partial charge in [-0.1, -0.05) is 49.1 Å². The molecule has 1 aromatic heterocycles. The average molecular weight is 446 g/mol. The summed E-state index contributed by atoms with van der Waals surface area (Å²) in [7, 11) is 5.71. The molecule has 0 atom stereocenters. The van der Waals surface area contributed by atoms with Crippen LogP contribution < -0.4 is 5.32 Å². The zero-order valence-electron chi connectivity index (χ0n) is 20.2. The van der Waals surface area contributed by atoms with E-state index in [0.29, 0.717) is 12.4 Å². The van der Waals surface area contributed by atoms with Crippen LogP contribution >= 0.6 is 0 Å². The predicted octanol–water partition coefficient (Wildman–Crippen LogP) is 5.08. The fourth-order valence-corrected chi connectivity index (χ4v) is 3.26. The molecule has 0 unspecified atom stereocenters. The fraction of sp³-hybridized carbons (Fsp3) is 0.296. The standard InChI is InChI=1S/C27H35N5O/c1-7-21(19-32(5)6)22-11-10-12-23(16-22)26-30-18-25(24(17-28-4)15-20(2)3)27(31-26)29-13-8-9-14-33/h7,10-12,15-19,33H,1-2,8-9,13-14H2,3-6H3,(H,29,30,31)/b21-19+,24-15+,28-17?. The summed E-state index contributed by atoms with van der Waals surface area (Å²) in [5.74, 6) is 1.35. The number of hydrogen-bond acceptors (Lipinski definition) is 6. The van der Waals surface area contributed by atoms with Crippen molar-refractivity contribution in [2.45, 2.75) is 19.8 Å². The van der Waals surface area contributed by atoms with E-state index in [1.807, 2.05) is 68.7 Å². The minimum absolute atomic E-state index is 0.172. The summed E-state index contributed by atoms with van der Waals surface area (Å²) in [6, 6.07) is 8.12. The quantitative estimate of drug-likeness (QED) is 0.271. The van der Waals surface area contributed by atoms with E-state index in [1.54, 1.807) is 13.3 Å². The Hall–Kier alpha value is -3.51. The second kappa shape index (κ2) is 13.1. The summed E-state index contributed by atoms with van der Waals surface area (Å²) >= 11 is 0. The smallest absolute Gasteiger partial charge is 0.161 e. The third-order valence-electron chi connectivity index (χ3n) is 4.72. The number of aliphatic hydroxyl groups is 1. The maximum atomic E-state index is 9.11. The van der Waals surface area contributed by atoms with Crippen molar-refractivity contribution in [2.75, 3.05) is 39.6 Å². The molecular weight excluding hydrogens is 410 g/mol. The Morgan fingerprint density at radius 2 is 2.03 bits per heavy atom. The van der Waals surface area contributed by atoms with Crippen molar-refractivity contribution in [3.05, 3.63) is 78.7 Å². The van der Waals surface area contributed by atoms with Crippen LogP contribution in [-0.2, 0) is 0 Å². The molecule has 0 aliphatic rings.